The minimum absolute atomic E-state index is 0.0251. The molecule has 0 saturated heterocycles. The van der Waals surface area contributed by atoms with Gasteiger partial charge in [0.05, 0.1) is 23.3 Å². The van der Waals surface area contributed by atoms with Crippen LogP contribution in [0.5, 0.6) is 11.6 Å². The Balaban J connectivity index is 2.30. The number of hydrogen-bond donors (Lipinski definition) is 0. The Labute approximate surface area is 116 Å². The number of nitrogens with zero attached hydrogens (tertiary/aromatic N) is 2. The van der Waals surface area contributed by atoms with Crippen molar-refractivity contribution in [1.82, 2.24) is 9.97 Å². The standard InChI is InChI=1S/C12H7ClF4N2O/c13-4-7-5-18-6-11(19-7)20-8-1-2-10(14)9(3-8)12(15,16)17/h1-3,5-6H,4H2. The summed E-state index contributed by atoms with van der Waals surface area (Å²) in [6.07, 6.45) is -2.19. The highest BCUT2D eigenvalue weighted by molar-refractivity contribution is 6.16. The number of aromatic nitrogens is 2. The highest BCUT2D eigenvalue weighted by Gasteiger charge is 2.34. The molecule has 0 amide bonds. The third-order valence-corrected chi connectivity index (χ3v) is 2.54. The lowest BCUT2D eigenvalue weighted by atomic mass is 10.2. The third-order valence-electron chi connectivity index (χ3n) is 2.26. The lowest BCUT2D eigenvalue weighted by molar-refractivity contribution is -0.140. The van der Waals surface area contributed by atoms with Gasteiger partial charge in [-0.05, 0) is 18.2 Å². The molecular weight excluding hydrogens is 300 g/mol. The van der Waals surface area contributed by atoms with Crippen molar-refractivity contribution >= 4 is 11.6 Å². The molecule has 0 aliphatic carbocycles. The topological polar surface area (TPSA) is 35.0 Å². The second-order valence-corrected chi connectivity index (χ2v) is 3.99. The minimum Gasteiger partial charge on any atom is -0.437 e. The molecule has 2 aromatic rings. The maximum Gasteiger partial charge on any atom is 0.419 e. The van der Waals surface area contributed by atoms with Crippen molar-refractivity contribution in [3.05, 3.63) is 47.7 Å². The van der Waals surface area contributed by atoms with E-state index in [1.807, 2.05) is 0 Å². The van der Waals surface area contributed by atoms with Crippen LogP contribution in [0.15, 0.2) is 30.6 Å². The summed E-state index contributed by atoms with van der Waals surface area (Å²) in [6.45, 7) is 0. The fraction of sp³-hybridized carbons (Fsp3) is 0.167. The van der Waals surface area contributed by atoms with Crippen LogP contribution in [0.1, 0.15) is 11.3 Å². The monoisotopic (exact) mass is 306 g/mol. The number of ether oxygens (including phenoxy) is 1. The average Bonchev–Trinajstić information content (AvgIpc) is 2.40. The fourth-order valence-electron chi connectivity index (χ4n) is 1.41. The molecule has 0 bridgehead atoms. The van der Waals surface area contributed by atoms with Gasteiger partial charge in [-0.15, -0.1) is 11.6 Å². The van der Waals surface area contributed by atoms with Crippen LogP contribution < -0.4 is 4.74 Å². The Morgan fingerprint density at radius 1 is 1.20 bits per heavy atom. The van der Waals surface area contributed by atoms with Crippen LogP contribution in [0.2, 0.25) is 0 Å². The molecule has 1 aromatic carbocycles. The fourth-order valence-corrected chi connectivity index (χ4v) is 1.53. The van der Waals surface area contributed by atoms with Gasteiger partial charge in [-0.3, -0.25) is 4.98 Å². The second-order valence-electron chi connectivity index (χ2n) is 3.72. The van der Waals surface area contributed by atoms with Gasteiger partial charge in [0.25, 0.3) is 0 Å². The van der Waals surface area contributed by atoms with Crippen molar-refractivity contribution < 1.29 is 22.3 Å². The minimum atomic E-state index is -4.80. The molecule has 20 heavy (non-hydrogen) atoms. The first-order chi connectivity index (χ1) is 9.40. The van der Waals surface area contributed by atoms with Crippen LogP contribution in [0.4, 0.5) is 17.6 Å². The summed E-state index contributed by atoms with van der Waals surface area (Å²) in [4.78, 5) is 7.68. The molecule has 0 spiro atoms. The average molecular weight is 307 g/mol. The van der Waals surface area contributed by atoms with Gasteiger partial charge in [0, 0.05) is 6.20 Å². The zero-order valence-corrected chi connectivity index (χ0v) is 10.5. The Morgan fingerprint density at radius 3 is 2.60 bits per heavy atom. The van der Waals surface area contributed by atoms with Crippen LogP contribution in [-0.4, -0.2) is 9.97 Å². The van der Waals surface area contributed by atoms with Gasteiger partial charge in [0.2, 0.25) is 5.88 Å². The summed E-state index contributed by atoms with van der Waals surface area (Å²) >= 11 is 5.55. The van der Waals surface area contributed by atoms with Crippen molar-refractivity contribution in [2.24, 2.45) is 0 Å². The maximum atomic E-state index is 13.1. The molecule has 0 saturated carbocycles. The summed E-state index contributed by atoms with van der Waals surface area (Å²) in [7, 11) is 0. The lowest BCUT2D eigenvalue weighted by Crippen LogP contribution is -2.08. The lowest BCUT2D eigenvalue weighted by Gasteiger charge is -2.10. The van der Waals surface area contributed by atoms with Crippen LogP contribution in [0, 0.1) is 5.82 Å². The smallest absolute Gasteiger partial charge is 0.419 e. The van der Waals surface area contributed by atoms with Crippen LogP contribution in [0.3, 0.4) is 0 Å². The maximum absolute atomic E-state index is 13.1. The largest absolute Gasteiger partial charge is 0.437 e. The Bertz CT molecular complexity index is 619. The molecule has 1 heterocycles. The molecular formula is C12H7ClF4N2O. The number of halogens is 5. The Kier molecular flexibility index (Phi) is 4.08. The van der Waals surface area contributed by atoms with E-state index in [1.54, 1.807) is 0 Å². The van der Waals surface area contributed by atoms with E-state index in [0.717, 1.165) is 6.07 Å². The molecule has 0 radical (unpaired) electrons. The molecule has 2 rings (SSSR count). The predicted octanol–water partition coefficient (Wildman–Crippen LogP) is 4.17. The number of rotatable bonds is 3. The van der Waals surface area contributed by atoms with E-state index in [1.165, 1.54) is 12.4 Å². The summed E-state index contributed by atoms with van der Waals surface area (Å²) in [6, 6.07) is 2.31. The molecule has 0 atom stereocenters. The van der Waals surface area contributed by atoms with Gasteiger partial charge < -0.3 is 4.74 Å². The van der Waals surface area contributed by atoms with Crippen molar-refractivity contribution in [2.75, 3.05) is 0 Å². The van der Waals surface area contributed by atoms with Gasteiger partial charge in [-0.25, -0.2) is 9.37 Å². The van der Waals surface area contributed by atoms with Gasteiger partial charge >= 0.3 is 6.18 Å². The molecule has 106 valence electrons. The molecule has 0 unspecified atom stereocenters. The first-order valence-corrected chi connectivity index (χ1v) is 5.85. The van der Waals surface area contributed by atoms with Crippen LogP contribution in [-0.2, 0) is 12.1 Å². The van der Waals surface area contributed by atoms with Gasteiger partial charge in [-0.1, -0.05) is 0 Å². The summed E-state index contributed by atoms with van der Waals surface area (Å²) < 4.78 is 55.9. The highest BCUT2D eigenvalue weighted by atomic mass is 35.5. The molecule has 1 aromatic heterocycles. The normalized spacial score (nSPS) is 11.4. The predicted molar refractivity (Wildman–Crippen MR) is 63.1 cm³/mol. The van der Waals surface area contributed by atoms with E-state index in [0.29, 0.717) is 17.8 Å². The SMILES string of the molecule is Fc1ccc(Oc2cncc(CCl)n2)cc1C(F)(F)F. The molecule has 0 aliphatic rings. The van der Waals surface area contributed by atoms with Crippen molar-refractivity contribution in [3.63, 3.8) is 0 Å². The quantitative estimate of drug-likeness (QED) is 0.631. The van der Waals surface area contributed by atoms with Gasteiger partial charge in [0.15, 0.2) is 0 Å². The number of alkyl halides is 4. The number of benzene rings is 1. The highest BCUT2D eigenvalue weighted by Crippen LogP contribution is 2.34. The zero-order valence-electron chi connectivity index (χ0n) is 9.79. The van der Waals surface area contributed by atoms with Crippen LogP contribution >= 0.6 is 11.6 Å². The molecule has 8 heteroatoms. The first kappa shape index (κ1) is 14.5. The summed E-state index contributed by atoms with van der Waals surface area (Å²) in [5.41, 5.74) is -1.00. The molecule has 0 aliphatic heterocycles. The Hall–Kier alpha value is -1.89. The van der Waals surface area contributed by atoms with Crippen molar-refractivity contribution in [3.8, 4) is 11.6 Å². The molecule has 3 nitrogen and oxygen atoms in total. The van der Waals surface area contributed by atoms with E-state index >= 15 is 0 Å². The zero-order chi connectivity index (χ0) is 14.8. The number of hydrogen-bond acceptors (Lipinski definition) is 3. The van der Waals surface area contributed by atoms with E-state index in [2.05, 4.69) is 9.97 Å². The first-order valence-electron chi connectivity index (χ1n) is 5.31. The molecule has 0 N–H and O–H groups in total. The van der Waals surface area contributed by atoms with Gasteiger partial charge in [0.1, 0.15) is 11.6 Å². The summed E-state index contributed by atoms with van der Waals surface area (Å²) in [5.74, 6) is -1.51. The molecule has 0 fully saturated rings. The van der Waals surface area contributed by atoms with Gasteiger partial charge in [-0.2, -0.15) is 13.2 Å². The van der Waals surface area contributed by atoms with Crippen molar-refractivity contribution in [1.29, 1.82) is 0 Å². The van der Waals surface area contributed by atoms with E-state index in [4.69, 9.17) is 16.3 Å². The van der Waals surface area contributed by atoms with Crippen LogP contribution in [0.25, 0.3) is 0 Å². The van der Waals surface area contributed by atoms with E-state index in [9.17, 15) is 17.6 Å². The third kappa shape index (κ3) is 3.36. The van der Waals surface area contributed by atoms with E-state index < -0.39 is 17.6 Å². The summed E-state index contributed by atoms with van der Waals surface area (Å²) in [5, 5.41) is 0. The van der Waals surface area contributed by atoms with Crippen molar-refractivity contribution in [2.45, 2.75) is 12.1 Å². The second kappa shape index (κ2) is 5.62. The van der Waals surface area contributed by atoms with E-state index in [-0.39, 0.29) is 17.5 Å². The Morgan fingerprint density at radius 2 is 1.95 bits per heavy atom.